The quantitative estimate of drug-likeness (QED) is 0.608. The normalized spacial score (nSPS) is 13.7. The molecule has 0 heterocycles. The van der Waals surface area contributed by atoms with Gasteiger partial charge < -0.3 is 14.2 Å². The third kappa shape index (κ3) is 4.18. The molecular formula is C17H15F3O4. The van der Waals surface area contributed by atoms with Gasteiger partial charge in [0.05, 0.1) is 12.7 Å². The number of ether oxygens (including phenoxy) is 3. The van der Waals surface area contributed by atoms with Crippen LogP contribution in [-0.4, -0.2) is 18.9 Å². The van der Waals surface area contributed by atoms with Crippen LogP contribution in [0.2, 0.25) is 0 Å². The van der Waals surface area contributed by atoms with E-state index in [4.69, 9.17) is 9.47 Å². The van der Waals surface area contributed by atoms with Crippen LogP contribution in [0.4, 0.5) is 13.2 Å². The molecule has 0 saturated carbocycles. The fourth-order valence-corrected chi connectivity index (χ4v) is 1.94. The monoisotopic (exact) mass is 340 g/mol. The lowest BCUT2D eigenvalue weighted by atomic mass is 10.2. The number of alkyl halides is 3. The Bertz CT molecular complexity index is 683. The van der Waals surface area contributed by atoms with E-state index in [9.17, 15) is 18.0 Å². The molecule has 0 saturated heterocycles. The molecule has 0 fully saturated rings. The number of benzene rings is 2. The third-order valence-electron chi connectivity index (χ3n) is 3.11. The number of esters is 1. The summed E-state index contributed by atoms with van der Waals surface area (Å²) in [7, 11) is 1.16. The summed E-state index contributed by atoms with van der Waals surface area (Å²) in [5, 5.41) is 0. The number of rotatable bonds is 5. The minimum atomic E-state index is -4.45. The summed E-state index contributed by atoms with van der Waals surface area (Å²) in [5.41, 5.74) is -0.821. The van der Waals surface area contributed by atoms with Gasteiger partial charge in [0.15, 0.2) is 0 Å². The molecule has 24 heavy (non-hydrogen) atoms. The van der Waals surface area contributed by atoms with Crippen molar-refractivity contribution in [3.63, 3.8) is 0 Å². The Balaban J connectivity index is 2.24. The maximum Gasteiger partial charge on any atom is 0.416 e. The molecule has 4 nitrogen and oxygen atoms in total. The Morgan fingerprint density at radius 3 is 1.83 bits per heavy atom. The summed E-state index contributed by atoms with van der Waals surface area (Å²) in [6, 6.07) is 12.3. The van der Waals surface area contributed by atoms with Crippen molar-refractivity contribution >= 4 is 5.97 Å². The number of methoxy groups -OCH3 is 1. The van der Waals surface area contributed by atoms with Crippen molar-refractivity contribution in [1.82, 2.24) is 0 Å². The third-order valence-corrected chi connectivity index (χ3v) is 3.11. The molecule has 0 amide bonds. The van der Waals surface area contributed by atoms with Gasteiger partial charge in [-0.1, -0.05) is 18.2 Å². The number of para-hydroxylation sites is 1. The molecule has 0 aromatic heterocycles. The molecular weight excluding hydrogens is 325 g/mol. The van der Waals surface area contributed by atoms with Crippen LogP contribution in [-0.2, 0) is 15.7 Å². The average molecular weight is 340 g/mol. The van der Waals surface area contributed by atoms with E-state index in [2.05, 4.69) is 4.74 Å². The molecule has 2 rings (SSSR count). The topological polar surface area (TPSA) is 44.8 Å². The lowest BCUT2D eigenvalue weighted by Crippen LogP contribution is -2.48. The zero-order valence-corrected chi connectivity index (χ0v) is 13.0. The molecule has 128 valence electrons. The average Bonchev–Trinajstić information content (AvgIpc) is 2.54. The van der Waals surface area contributed by atoms with Crippen molar-refractivity contribution < 1.29 is 32.2 Å². The van der Waals surface area contributed by atoms with E-state index >= 15 is 0 Å². The Morgan fingerprint density at radius 2 is 1.38 bits per heavy atom. The van der Waals surface area contributed by atoms with Crippen molar-refractivity contribution in [3.8, 4) is 11.5 Å². The largest absolute Gasteiger partial charge is 0.463 e. The van der Waals surface area contributed by atoms with Gasteiger partial charge in [-0.25, -0.2) is 4.79 Å². The summed E-state index contributed by atoms with van der Waals surface area (Å²) in [4.78, 5) is 12.0. The summed E-state index contributed by atoms with van der Waals surface area (Å²) in [6.45, 7) is 1.32. The van der Waals surface area contributed by atoms with Crippen molar-refractivity contribution in [1.29, 1.82) is 0 Å². The van der Waals surface area contributed by atoms with Crippen LogP contribution in [0.25, 0.3) is 0 Å². The van der Waals surface area contributed by atoms with E-state index in [-0.39, 0.29) is 5.75 Å². The fourth-order valence-electron chi connectivity index (χ4n) is 1.94. The van der Waals surface area contributed by atoms with Crippen LogP contribution < -0.4 is 9.47 Å². The van der Waals surface area contributed by atoms with Crippen LogP contribution in [0.15, 0.2) is 54.6 Å². The van der Waals surface area contributed by atoms with Gasteiger partial charge in [-0.15, -0.1) is 0 Å². The van der Waals surface area contributed by atoms with Gasteiger partial charge in [0, 0.05) is 6.92 Å². The second-order valence-electron chi connectivity index (χ2n) is 4.98. The van der Waals surface area contributed by atoms with E-state index in [1.165, 1.54) is 6.92 Å². The molecule has 0 spiro atoms. The van der Waals surface area contributed by atoms with E-state index in [0.717, 1.165) is 31.4 Å². The summed E-state index contributed by atoms with van der Waals surface area (Å²) >= 11 is 0. The number of hydrogen-bond acceptors (Lipinski definition) is 4. The zero-order valence-electron chi connectivity index (χ0n) is 13.0. The fraction of sp³-hybridized carbons (Fsp3) is 0.235. The summed E-state index contributed by atoms with van der Waals surface area (Å²) in [5.74, 6) is -2.30. The van der Waals surface area contributed by atoms with Crippen molar-refractivity contribution in [3.05, 3.63) is 60.2 Å². The highest BCUT2D eigenvalue weighted by molar-refractivity contribution is 5.78. The van der Waals surface area contributed by atoms with Gasteiger partial charge in [-0.3, -0.25) is 0 Å². The van der Waals surface area contributed by atoms with E-state index < -0.39 is 23.5 Å². The lowest BCUT2D eigenvalue weighted by molar-refractivity contribution is -0.184. The van der Waals surface area contributed by atoms with Gasteiger partial charge in [0.2, 0.25) is 0 Å². The minimum Gasteiger partial charge on any atom is -0.463 e. The molecule has 2 aromatic rings. The molecule has 0 N–H and O–H groups in total. The Kier molecular flexibility index (Phi) is 5.02. The number of carbonyl (C=O) groups excluding carboxylic acids is 1. The molecule has 0 radical (unpaired) electrons. The summed E-state index contributed by atoms with van der Waals surface area (Å²) in [6.07, 6.45) is -4.45. The lowest BCUT2D eigenvalue weighted by Gasteiger charge is -2.28. The highest BCUT2D eigenvalue weighted by Gasteiger charge is 2.40. The first-order valence-corrected chi connectivity index (χ1v) is 6.93. The maximum atomic E-state index is 12.6. The number of halogens is 3. The van der Waals surface area contributed by atoms with Crippen LogP contribution in [0.5, 0.6) is 11.5 Å². The molecule has 7 heteroatoms. The summed E-state index contributed by atoms with van der Waals surface area (Å²) < 4.78 is 53.4. The molecule has 2 aromatic carbocycles. The van der Waals surface area contributed by atoms with Crippen LogP contribution in [0.1, 0.15) is 12.5 Å². The Hall–Kier alpha value is -2.70. The van der Waals surface area contributed by atoms with Gasteiger partial charge in [-0.2, -0.15) is 13.2 Å². The Morgan fingerprint density at radius 1 is 0.875 bits per heavy atom. The second-order valence-corrected chi connectivity index (χ2v) is 4.98. The van der Waals surface area contributed by atoms with Gasteiger partial charge in [-0.05, 0) is 36.4 Å². The smallest absolute Gasteiger partial charge is 0.416 e. The predicted molar refractivity (Wildman–Crippen MR) is 79.6 cm³/mol. The Labute approximate surface area is 136 Å². The first-order chi connectivity index (χ1) is 11.2. The van der Waals surface area contributed by atoms with E-state index in [1.807, 2.05) is 0 Å². The molecule has 1 unspecified atom stereocenters. The first kappa shape index (κ1) is 17.7. The van der Waals surface area contributed by atoms with Gasteiger partial charge in [0.25, 0.3) is 0 Å². The highest BCUT2D eigenvalue weighted by atomic mass is 19.4. The van der Waals surface area contributed by atoms with Crippen LogP contribution in [0.3, 0.4) is 0 Å². The molecule has 0 aliphatic heterocycles. The highest BCUT2D eigenvalue weighted by Crippen LogP contribution is 2.31. The van der Waals surface area contributed by atoms with Crippen molar-refractivity contribution in [2.75, 3.05) is 7.11 Å². The SMILES string of the molecule is COC(=O)C(C)(Oc1ccccc1)Oc1ccc(C(F)(F)F)cc1. The number of carbonyl (C=O) groups is 1. The molecule has 0 aliphatic rings. The minimum absolute atomic E-state index is 0.0341. The molecule has 0 aliphatic carbocycles. The second kappa shape index (κ2) is 6.82. The van der Waals surface area contributed by atoms with Crippen molar-refractivity contribution in [2.24, 2.45) is 0 Å². The van der Waals surface area contributed by atoms with Crippen LogP contribution >= 0.6 is 0 Å². The number of hydrogen-bond donors (Lipinski definition) is 0. The predicted octanol–water partition coefficient (Wildman–Crippen LogP) is 4.05. The standard InChI is InChI=1S/C17H15F3O4/c1-16(15(21)22-2,23-13-6-4-3-5-7-13)24-14-10-8-12(9-11-14)17(18,19)20/h3-11H,1-2H3. The molecule has 0 bridgehead atoms. The maximum absolute atomic E-state index is 12.6. The van der Waals surface area contributed by atoms with Crippen molar-refractivity contribution in [2.45, 2.75) is 18.9 Å². The molecule has 1 atom stereocenters. The first-order valence-electron chi connectivity index (χ1n) is 6.93. The van der Waals surface area contributed by atoms with Crippen LogP contribution in [0, 0.1) is 0 Å². The zero-order chi connectivity index (χ0) is 17.8. The van der Waals surface area contributed by atoms with E-state index in [0.29, 0.717) is 5.75 Å². The van der Waals surface area contributed by atoms with Gasteiger partial charge in [0.1, 0.15) is 11.5 Å². The van der Waals surface area contributed by atoms with Gasteiger partial charge >= 0.3 is 17.9 Å². The van der Waals surface area contributed by atoms with E-state index in [1.54, 1.807) is 30.3 Å².